The van der Waals surface area contributed by atoms with Crippen molar-refractivity contribution in [3.05, 3.63) is 53.9 Å². The molecule has 2 N–H and O–H groups in total. The zero-order valence-electron chi connectivity index (χ0n) is 17.3. The van der Waals surface area contributed by atoms with Gasteiger partial charge in [0.05, 0.1) is 12.3 Å². The average Bonchev–Trinajstić information content (AvgIpc) is 3.05. The molecular formula is C23H28FN5O. The summed E-state index contributed by atoms with van der Waals surface area (Å²) in [5.74, 6) is 0.651. The smallest absolute Gasteiger partial charge is 0.147 e. The first-order valence-electron chi connectivity index (χ1n) is 10.7. The van der Waals surface area contributed by atoms with Crippen molar-refractivity contribution in [2.45, 2.75) is 38.8 Å². The van der Waals surface area contributed by atoms with E-state index in [0.29, 0.717) is 6.54 Å². The lowest BCUT2D eigenvalue weighted by Crippen LogP contribution is -2.54. The van der Waals surface area contributed by atoms with E-state index >= 15 is 0 Å². The molecule has 2 fully saturated rings. The Morgan fingerprint density at radius 3 is 2.87 bits per heavy atom. The van der Waals surface area contributed by atoms with E-state index in [9.17, 15) is 9.50 Å². The van der Waals surface area contributed by atoms with Gasteiger partial charge in [0.1, 0.15) is 11.6 Å². The van der Waals surface area contributed by atoms with E-state index in [4.69, 9.17) is 0 Å². The molecule has 0 radical (unpaired) electrons. The Labute approximate surface area is 175 Å². The van der Waals surface area contributed by atoms with E-state index in [1.54, 1.807) is 24.7 Å². The number of hydrogen-bond acceptors (Lipinski definition) is 5. The number of benzene rings is 1. The number of aliphatic hydroxyl groups is 1. The average molecular weight is 410 g/mol. The van der Waals surface area contributed by atoms with E-state index in [1.807, 2.05) is 6.07 Å². The van der Waals surface area contributed by atoms with Crippen LogP contribution in [0.15, 0.2) is 36.8 Å². The zero-order chi connectivity index (χ0) is 20.7. The highest BCUT2D eigenvalue weighted by molar-refractivity contribution is 5.84. The normalized spacial score (nSPS) is 22.1. The zero-order valence-corrected chi connectivity index (χ0v) is 17.3. The van der Waals surface area contributed by atoms with Crippen LogP contribution >= 0.6 is 0 Å². The number of likely N-dealkylation sites (tertiary alicyclic amines) is 1. The van der Waals surface area contributed by atoms with Crippen LogP contribution < -0.4 is 4.90 Å². The molecule has 4 heterocycles. The van der Waals surface area contributed by atoms with Gasteiger partial charge in [0.25, 0.3) is 0 Å². The molecule has 3 aromatic rings. The van der Waals surface area contributed by atoms with E-state index in [1.165, 1.54) is 6.07 Å². The highest BCUT2D eigenvalue weighted by atomic mass is 19.1. The van der Waals surface area contributed by atoms with Gasteiger partial charge in [-0.25, -0.2) is 9.37 Å². The molecule has 0 aliphatic carbocycles. The molecule has 30 heavy (non-hydrogen) atoms. The Bertz CT molecular complexity index is 1030. The lowest BCUT2D eigenvalue weighted by atomic mass is 9.71. The fourth-order valence-electron chi connectivity index (χ4n) is 5.27. The summed E-state index contributed by atoms with van der Waals surface area (Å²) in [5.41, 5.74) is 3.40. The largest absolute Gasteiger partial charge is 0.391 e. The number of anilines is 1. The van der Waals surface area contributed by atoms with E-state index in [-0.39, 0.29) is 17.3 Å². The van der Waals surface area contributed by atoms with Gasteiger partial charge in [-0.15, -0.1) is 0 Å². The molecule has 1 spiro atoms. The number of hydrogen-bond donors (Lipinski definition) is 2. The van der Waals surface area contributed by atoms with Gasteiger partial charge in [0.2, 0.25) is 0 Å². The second-order valence-electron chi connectivity index (χ2n) is 9.00. The van der Waals surface area contributed by atoms with Gasteiger partial charge in [-0.3, -0.25) is 9.88 Å². The molecule has 0 saturated carbocycles. The molecule has 0 bridgehead atoms. The number of β-amino-alcohol motifs (C(OH)–C–C–N with tert-alkyl or cyclic N) is 1. The summed E-state index contributed by atoms with van der Waals surface area (Å²) in [4.78, 5) is 16.7. The quantitative estimate of drug-likeness (QED) is 0.695. The first kappa shape index (κ1) is 19.5. The maximum atomic E-state index is 13.6. The molecule has 1 aromatic carbocycles. The predicted molar refractivity (Wildman–Crippen MR) is 115 cm³/mol. The fourth-order valence-corrected chi connectivity index (χ4v) is 5.27. The Morgan fingerprint density at radius 2 is 2.10 bits per heavy atom. The lowest BCUT2D eigenvalue weighted by molar-refractivity contribution is 0.0241. The molecule has 0 amide bonds. The SMILES string of the molecule is Cc1c(CN2CCC3(CC2)CC(O)CN(c2cnccn2)C3)[nH]c2ccc(F)cc12. The number of halogens is 1. The Balaban J connectivity index is 1.27. The minimum atomic E-state index is -0.335. The van der Waals surface area contributed by atoms with Gasteiger partial charge in [-0.05, 0) is 68.5 Å². The monoisotopic (exact) mass is 409 g/mol. The molecular weight excluding hydrogens is 381 g/mol. The topological polar surface area (TPSA) is 68.3 Å². The number of aromatic nitrogens is 3. The second-order valence-corrected chi connectivity index (χ2v) is 9.00. The molecule has 5 rings (SSSR count). The van der Waals surface area contributed by atoms with Crippen molar-refractivity contribution in [1.82, 2.24) is 19.9 Å². The summed E-state index contributed by atoms with van der Waals surface area (Å²) in [7, 11) is 0. The minimum absolute atomic E-state index is 0.115. The number of piperidine rings is 2. The third kappa shape index (κ3) is 3.68. The van der Waals surface area contributed by atoms with Gasteiger partial charge in [-0.1, -0.05) is 0 Å². The molecule has 2 aromatic heterocycles. The molecule has 1 unspecified atom stereocenters. The summed E-state index contributed by atoms with van der Waals surface area (Å²) in [6.45, 7) is 6.43. The summed E-state index contributed by atoms with van der Waals surface area (Å²) in [5, 5.41) is 11.5. The number of aliphatic hydroxyl groups excluding tert-OH is 1. The third-order valence-electron chi connectivity index (χ3n) is 6.92. The summed E-state index contributed by atoms with van der Waals surface area (Å²) in [6, 6.07) is 4.93. The van der Waals surface area contributed by atoms with Crippen LogP contribution in [0.25, 0.3) is 10.9 Å². The highest BCUT2D eigenvalue weighted by Gasteiger charge is 2.42. The second kappa shape index (κ2) is 7.63. The molecule has 7 heteroatoms. The predicted octanol–water partition coefficient (Wildman–Crippen LogP) is 3.26. The van der Waals surface area contributed by atoms with Gasteiger partial charge >= 0.3 is 0 Å². The van der Waals surface area contributed by atoms with E-state index in [0.717, 1.165) is 73.4 Å². The molecule has 2 aliphatic heterocycles. The standard InChI is InChI=1S/C23H28FN5O/c1-16-19-10-17(24)2-3-20(19)27-21(16)14-28-8-4-23(5-9-28)11-18(30)13-29(15-23)22-12-25-6-7-26-22/h2-3,6-7,10,12,18,27,30H,4-5,8-9,11,13-15H2,1H3. The minimum Gasteiger partial charge on any atom is -0.391 e. The van der Waals surface area contributed by atoms with Crippen LogP contribution in [0.2, 0.25) is 0 Å². The number of aromatic amines is 1. The summed E-state index contributed by atoms with van der Waals surface area (Å²) < 4.78 is 13.6. The van der Waals surface area contributed by atoms with Crippen LogP contribution in [-0.2, 0) is 6.54 Å². The summed E-state index contributed by atoms with van der Waals surface area (Å²) >= 11 is 0. The van der Waals surface area contributed by atoms with Crippen LogP contribution in [-0.4, -0.2) is 57.2 Å². The van der Waals surface area contributed by atoms with Crippen LogP contribution in [0.4, 0.5) is 10.2 Å². The maximum absolute atomic E-state index is 13.6. The fraction of sp³-hybridized carbons (Fsp3) is 0.478. The van der Waals surface area contributed by atoms with Crippen molar-refractivity contribution in [2.24, 2.45) is 5.41 Å². The molecule has 1 atom stereocenters. The Hall–Kier alpha value is -2.51. The van der Waals surface area contributed by atoms with Crippen LogP contribution in [0.1, 0.15) is 30.5 Å². The van der Waals surface area contributed by atoms with Crippen LogP contribution in [0.5, 0.6) is 0 Å². The van der Waals surface area contributed by atoms with Crippen molar-refractivity contribution in [2.75, 3.05) is 31.1 Å². The van der Waals surface area contributed by atoms with Crippen molar-refractivity contribution in [1.29, 1.82) is 0 Å². The number of nitrogens with one attached hydrogen (secondary N) is 1. The van der Waals surface area contributed by atoms with E-state index < -0.39 is 0 Å². The lowest BCUT2D eigenvalue weighted by Gasteiger charge is -2.49. The van der Waals surface area contributed by atoms with Crippen molar-refractivity contribution in [3.8, 4) is 0 Å². The Kier molecular flexibility index (Phi) is 4.95. The number of H-pyrrole nitrogens is 1. The van der Waals surface area contributed by atoms with Crippen molar-refractivity contribution >= 4 is 16.7 Å². The van der Waals surface area contributed by atoms with Gasteiger partial charge in [0, 0.05) is 48.6 Å². The molecule has 2 aliphatic rings. The number of rotatable bonds is 3. The highest BCUT2D eigenvalue weighted by Crippen LogP contribution is 2.41. The van der Waals surface area contributed by atoms with Gasteiger partial charge in [0.15, 0.2) is 0 Å². The summed E-state index contributed by atoms with van der Waals surface area (Å²) in [6.07, 6.45) is 7.78. The number of aryl methyl sites for hydroxylation is 1. The first-order valence-corrected chi connectivity index (χ1v) is 10.7. The first-order chi connectivity index (χ1) is 14.5. The van der Waals surface area contributed by atoms with Crippen LogP contribution in [0, 0.1) is 18.2 Å². The molecule has 6 nitrogen and oxygen atoms in total. The number of nitrogens with zero attached hydrogens (tertiary/aromatic N) is 4. The van der Waals surface area contributed by atoms with Crippen LogP contribution in [0.3, 0.4) is 0 Å². The Morgan fingerprint density at radius 1 is 1.27 bits per heavy atom. The molecule has 158 valence electrons. The van der Waals surface area contributed by atoms with Gasteiger partial charge < -0.3 is 15.0 Å². The third-order valence-corrected chi connectivity index (χ3v) is 6.92. The maximum Gasteiger partial charge on any atom is 0.147 e. The van der Waals surface area contributed by atoms with Gasteiger partial charge in [-0.2, -0.15) is 0 Å². The number of fused-ring (bicyclic) bond motifs is 1. The van der Waals surface area contributed by atoms with E-state index in [2.05, 4.69) is 31.7 Å². The van der Waals surface area contributed by atoms with Crippen molar-refractivity contribution in [3.63, 3.8) is 0 Å². The van der Waals surface area contributed by atoms with Crippen molar-refractivity contribution < 1.29 is 9.50 Å². The molecule has 2 saturated heterocycles.